The van der Waals surface area contributed by atoms with E-state index in [9.17, 15) is 0 Å². The van der Waals surface area contributed by atoms with Crippen LogP contribution in [0.1, 0.15) is 11.4 Å². The number of benzene rings is 2. The molecule has 2 aromatic carbocycles. The smallest absolute Gasteiger partial charge is 0.162 e. The van der Waals surface area contributed by atoms with E-state index in [0.717, 1.165) is 53.4 Å². The molecule has 0 bridgehead atoms. The van der Waals surface area contributed by atoms with Crippen molar-refractivity contribution in [2.45, 2.75) is 19.6 Å². The second-order valence-corrected chi connectivity index (χ2v) is 6.66. The van der Waals surface area contributed by atoms with Gasteiger partial charge in [-0.1, -0.05) is 42.5 Å². The molecule has 0 saturated heterocycles. The Morgan fingerprint density at radius 2 is 1.85 bits per heavy atom. The van der Waals surface area contributed by atoms with Gasteiger partial charge in [-0.15, -0.1) is 0 Å². The predicted molar refractivity (Wildman–Crippen MR) is 106 cm³/mol. The van der Waals surface area contributed by atoms with Crippen molar-refractivity contribution in [1.29, 1.82) is 0 Å². The Morgan fingerprint density at radius 3 is 2.74 bits per heavy atom. The van der Waals surface area contributed by atoms with Gasteiger partial charge in [0.05, 0.1) is 30.0 Å². The lowest BCUT2D eigenvalue weighted by atomic mass is 10.2. The van der Waals surface area contributed by atoms with E-state index in [1.807, 2.05) is 48.5 Å². The van der Waals surface area contributed by atoms with Crippen LogP contribution in [0.25, 0.3) is 22.3 Å². The third kappa shape index (κ3) is 3.15. The average molecular weight is 356 g/mol. The van der Waals surface area contributed by atoms with Gasteiger partial charge in [0.2, 0.25) is 0 Å². The lowest BCUT2D eigenvalue weighted by Gasteiger charge is -2.13. The summed E-state index contributed by atoms with van der Waals surface area (Å²) in [6, 6.07) is 20.3. The predicted octanol–water partition coefficient (Wildman–Crippen LogP) is 3.21. The first-order valence-corrected chi connectivity index (χ1v) is 9.19. The third-order valence-corrected chi connectivity index (χ3v) is 4.79. The van der Waals surface area contributed by atoms with Crippen LogP contribution in [0.3, 0.4) is 0 Å². The van der Waals surface area contributed by atoms with Gasteiger partial charge in [-0.3, -0.25) is 4.68 Å². The van der Waals surface area contributed by atoms with E-state index in [2.05, 4.69) is 27.4 Å². The molecule has 0 spiro atoms. The molecule has 0 fully saturated rings. The van der Waals surface area contributed by atoms with E-state index in [4.69, 9.17) is 15.1 Å². The van der Waals surface area contributed by atoms with Crippen molar-refractivity contribution >= 4 is 16.7 Å². The maximum Gasteiger partial charge on any atom is 0.162 e. The lowest BCUT2D eigenvalue weighted by molar-refractivity contribution is 0.473. The molecule has 1 aliphatic heterocycles. The highest BCUT2D eigenvalue weighted by atomic mass is 15.3. The van der Waals surface area contributed by atoms with E-state index >= 15 is 0 Å². The first kappa shape index (κ1) is 16.0. The van der Waals surface area contributed by atoms with Crippen LogP contribution in [0.2, 0.25) is 0 Å². The summed E-state index contributed by atoms with van der Waals surface area (Å²) in [5.74, 6) is 1.56. The fourth-order valence-electron chi connectivity index (χ4n) is 3.44. The monoisotopic (exact) mass is 356 g/mol. The Hall–Kier alpha value is -3.25. The Morgan fingerprint density at radius 1 is 1.00 bits per heavy atom. The van der Waals surface area contributed by atoms with Gasteiger partial charge in [-0.25, -0.2) is 9.97 Å². The highest BCUT2D eigenvalue weighted by Gasteiger charge is 2.13. The summed E-state index contributed by atoms with van der Waals surface area (Å²) < 4.78 is 2.08. The minimum Gasteiger partial charge on any atom is -0.364 e. The summed E-state index contributed by atoms with van der Waals surface area (Å²) in [4.78, 5) is 9.53. The molecule has 0 radical (unpaired) electrons. The zero-order chi connectivity index (χ0) is 18.1. The number of nitrogens with zero attached hydrogens (tertiary/aromatic N) is 4. The summed E-state index contributed by atoms with van der Waals surface area (Å²) in [7, 11) is 0. The molecular weight excluding hydrogens is 336 g/mol. The van der Waals surface area contributed by atoms with Crippen LogP contribution in [0.4, 0.5) is 5.82 Å². The van der Waals surface area contributed by atoms with Gasteiger partial charge in [-0.2, -0.15) is 5.10 Å². The van der Waals surface area contributed by atoms with Crippen LogP contribution in [-0.2, 0) is 19.6 Å². The van der Waals surface area contributed by atoms with Gasteiger partial charge >= 0.3 is 0 Å². The van der Waals surface area contributed by atoms with E-state index in [1.165, 1.54) is 5.69 Å². The van der Waals surface area contributed by atoms with Crippen molar-refractivity contribution in [3.8, 4) is 11.4 Å². The minimum atomic E-state index is 0.634. The highest BCUT2D eigenvalue weighted by Crippen LogP contribution is 2.25. The molecule has 0 amide bonds. The van der Waals surface area contributed by atoms with Crippen LogP contribution in [0.5, 0.6) is 0 Å². The summed E-state index contributed by atoms with van der Waals surface area (Å²) in [5.41, 5.74) is 4.20. The van der Waals surface area contributed by atoms with Crippen LogP contribution >= 0.6 is 0 Å². The van der Waals surface area contributed by atoms with Crippen LogP contribution in [0.15, 0.2) is 60.7 Å². The topological polar surface area (TPSA) is 67.7 Å². The summed E-state index contributed by atoms with van der Waals surface area (Å²) >= 11 is 0. The maximum atomic E-state index is 4.80. The molecule has 2 aromatic heterocycles. The molecule has 1 aliphatic rings. The third-order valence-electron chi connectivity index (χ3n) is 4.79. The fourth-order valence-corrected chi connectivity index (χ4v) is 3.44. The number of rotatable bonds is 4. The molecule has 2 N–H and O–H groups in total. The summed E-state index contributed by atoms with van der Waals surface area (Å²) in [6.07, 6.45) is 0. The van der Waals surface area contributed by atoms with Crippen LogP contribution in [-0.4, -0.2) is 26.3 Å². The Kier molecular flexibility index (Phi) is 4.03. The number of fused-ring (bicyclic) bond motifs is 2. The standard InChI is InChI=1S/C21H20N6/c1-2-6-15(7-3-1)20-24-19-9-5-4-8-18(19)21(25-20)23-13-16-12-17-14-22-10-11-27(17)26-16/h1-9,12,22H,10-11,13-14H2,(H,23,24,25). The normalized spacial score (nSPS) is 13.5. The summed E-state index contributed by atoms with van der Waals surface area (Å²) in [5, 5.41) is 12.6. The number of aromatic nitrogens is 4. The van der Waals surface area contributed by atoms with Crippen molar-refractivity contribution < 1.29 is 0 Å². The highest BCUT2D eigenvalue weighted by molar-refractivity contribution is 5.90. The molecule has 0 atom stereocenters. The first-order chi connectivity index (χ1) is 13.4. The molecule has 3 heterocycles. The summed E-state index contributed by atoms with van der Waals surface area (Å²) in [6.45, 7) is 3.40. The lowest BCUT2D eigenvalue weighted by Crippen LogP contribution is -2.28. The van der Waals surface area contributed by atoms with Crippen molar-refractivity contribution in [1.82, 2.24) is 25.1 Å². The SMILES string of the molecule is c1ccc(-c2nc(NCc3cc4n(n3)CCNC4)c3ccccc3n2)cc1. The van der Waals surface area contributed by atoms with Crippen molar-refractivity contribution in [2.75, 3.05) is 11.9 Å². The Bertz CT molecular complexity index is 1060. The van der Waals surface area contributed by atoms with Crippen LogP contribution in [0, 0.1) is 0 Å². The number of nitrogens with one attached hydrogen (secondary N) is 2. The zero-order valence-corrected chi connectivity index (χ0v) is 14.9. The zero-order valence-electron chi connectivity index (χ0n) is 14.9. The van der Waals surface area contributed by atoms with Gasteiger partial charge in [-0.05, 0) is 18.2 Å². The van der Waals surface area contributed by atoms with Gasteiger partial charge in [0.15, 0.2) is 5.82 Å². The Balaban J connectivity index is 1.49. The molecule has 5 rings (SSSR count). The molecule has 27 heavy (non-hydrogen) atoms. The average Bonchev–Trinajstić information content (AvgIpc) is 3.15. The fraction of sp³-hybridized carbons (Fsp3) is 0.190. The second kappa shape index (κ2) is 6.81. The quantitative estimate of drug-likeness (QED) is 0.588. The van der Waals surface area contributed by atoms with Crippen molar-refractivity contribution in [3.63, 3.8) is 0 Å². The van der Waals surface area contributed by atoms with Crippen molar-refractivity contribution in [2.24, 2.45) is 0 Å². The number of hydrogen-bond acceptors (Lipinski definition) is 5. The van der Waals surface area contributed by atoms with Gasteiger partial charge in [0.1, 0.15) is 5.82 Å². The van der Waals surface area contributed by atoms with E-state index in [1.54, 1.807) is 0 Å². The molecule has 0 aliphatic carbocycles. The maximum absolute atomic E-state index is 4.80. The van der Waals surface area contributed by atoms with Crippen LogP contribution < -0.4 is 10.6 Å². The largest absolute Gasteiger partial charge is 0.364 e. The molecule has 0 saturated carbocycles. The van der Waals surface area contributed by atoms with E-state index in [-0.39, 0.29) is 0 Å². The molecule has 4 aromatic rings. The Labute approximate surface area is 157 Å². The first-order valence-electron chi connectivity index (χ1n) is 9.19. The molecule has 0 unspecified atom stereocenters. The molecule has 6 heteroatoms. The molecule has 134 valence electrons. The molecule has 6 nitrogen and oxygen atoms in total. The minimum absolute atomic E-state index is 0.634. The van der Waals surface area contributed by atoms with Gasteiger partial charge in [0.25, 0.3) is 0 Å². The number of anilines is 1. The van der Waals surface area contributed by atoms with Gasteiger partial charge in [0, 0.05) is 24.0 Å². The molecular formula is C21H20N6. The van der Waals surface area contributed by atoms with Gasteiger partial charge < -0.3 is 10.6 Å². The number of para-hydroxylation sites is 1. The van der Waals surface area contributed by atoms with E-state index < -0.39 is 0 Å². The second-order valence-electron chi connectivity index (χ2n) is 6.66. The number of hydrogen-bond donors (Lipinski definition) is 2. The van der Waals surface area contributed by atoms with E-state index in [0.29, 0.717) is 6.54 Å². The van der Waals surface area contributed by atoms with Crippen molar-refractivity contribution in [3.05, 3.63) is 72.1 Å².